The van der Waals surface area contributed by atoms with Gasteiger partial charge in [-0.05, 0) is 35.5 Å². The van der Waals surface area contributed by atoms with Crippen LogP contribution >= 0.6 is 0 Å². The predicted molar refractivity (Wildman–Crippen MR) is 92.0 cm³/mol. The van der Waals surface area contributed by atoms with E-state index < -0.39 is 0 Å². The average molecular weight is 331 g/mol. The molecule has 0 bridgehead atoms. The number of fused-ring (bicyclic) bond motifs is 1. The molecule has 0 fully saturated rings. The van der Waals surface area contributed by atoms with Gasteiger partial charge in [0.05, 0.1) is 11.9 Å². The van der Waals surface area contributed by atoms with Crippen molar-refractivity contribution in [3.63, 3.8) is 0 Å². The maximum Gasteiger partial charge on any atom is 0.174 e. The molecule has 4 rings (SSSR count). The summed E-state index contributed by atoms with van der Waals surface area (Å²) >= 11 is 0. The number of hydrogen-bond acceptors (Lipinski definition) is 8. The molecule has 4 aromatic rings. The lowest BCUT2D eigenvalue weighted by Crippen LogP contribution is -1.95. The lowest BCUT2D eigenvalue weighted by atomic mass is 10.1. The van der Waals surface area contributed by atoms with Crippen LogP contribution in [0, 0.1) is 6.92 Å². The van der Waals surface area contributed by atoms with E-state index in [9.17, 15) is 0 Å². The molecular weight excluding hydrogens is 318 g/mol. The highest BCUT2D eigenvalue weighted by molar-refractivity contribution is 5.96. The molecule has 0 aliphatic carbocycles. The number of aryl methyl sites for hydroxylation is 1. The Morgan fingerprint density at radius 3 is 2.72 bits per heavy atom. The molecule has 9 nitrogen and oxygen atoms in total. The van der Waals surface area contributed by atoms with Crippen molar-refractivity contribution >= 4 is 28.1 Å². The molecule has 0 amide bonds. The summed E-state index contributed by atoms with van der Waals surface area (Å²) in [6.07, 6.45) is 4.82. The number of anilines is 1. The van der Waals surface area contributed by atoms with Crippen molar-refractivity contribution in [3.05, 3.63) is 54.6 Å². The number of azo groups is 1. The van der Waals surface area contributed by atoms with Gasteiger partial charge in [0.25, 0.3) is 0 Å². The van der Waals surface area contributed by atoms with E-state index in [1.165, 1.54) is 11.0 Å². The third kappa shape index (κ3) is 2.90. The highest BCUT2D eigenvalue weighted by atomic mass is 15.5. The SMILES string of the molecule is Cc1ccc2cnc(N)c(N=Nc3ccc(-n4cnnn4)cn3)c2c1. The first-order chi connectivity index (χ1) is 12.2. The van der Waals surface area contributed by atoms with E-state index in [0.717, 1.165) is 22.0 Å². The number of aromatic nitrogens is 6. The number of nitrogens with two attached hydrogens (primary N) is 1. The van der Waals surface area contributed by atoms with Gasteiger partial charge in [0, 0.05) is 17.0 Å². The Kier molecular flexibility index (Phi) is 3.58. The molecular formula is C16H13N9. The maximum atomic E-state index is 5.98. The highest BCUT2D eigenvalue weighted by Crippen LogP contribution is 2.32. The number of nitrogens with zero attached hydrogens (tertiary/aromatic N) is 8. The van der Waals surface area contributed by atoms with Gasteiger partial charge in [-0.1, -0.05) is 17.7 Å². The normalized spacial score (nSPS) is 11.4. The Labute approximate surface area is 142 Å². The smallest absolute Gasteiger partial charge is 0.174 e. The molecule has 0 saturated heterocycles. The molecule has 9 heteroatoms. The van der Waals surface area contributed by atoms with Crippen LogP contribution in [0.15, 0.2) is 59.3 Å². The van der Waals surface area contributed by atoms with Crippen LogP contribution < -0.4 is 5.73 Å². The van der Waals surface area contributed by atoms with E-state index in [4.69, 9.17) is 5.73 Å². The fourth-order valence-corrected chi connectivity index (χ4v) is 2.38. The standard InChI is InChI=1S/C16H13N9/c1-10-2-3-11-7-19-16(17)15(13(11)6-10)22-21-14-5-4-12(8-18-14)25-9-20-23-24-25/h2-9H,1H3,(H2,17,19). The van der Waals surface area contributed by atoms with E-state index in [1.807, 2.05) is 25.1 Å². The molecule has 0 aliphatic heterocycles. The Balaban J connectivity index is 1.69. The lowest BCUT2D eigenvalue weighted by molar-refractivity contribution is 0.786. The number of hydrogen-bond donors (Lipinski definition) is 1. The van der Waals surface area contributed by atoms with Crippen molar-refractivity contribution in [3.8, 4) is 5.69 Å². The van der Waals surface area contributed by atoms with Gasteiger partial charge in [-0.3, -0.25) is 0 Å². The van der Waals surface area contributed by atoms with Crippen molar-refractivity contribution < 1.29 is 0 Å². The first-order valence-corrected chi connectivity index (χ1v) is 7.47. The monoisotopic (exact) mass is 331 g/mol. The highest BCUT2D eigenvalue weighted by Gasteiger charge is 2.07. The molecule has 25 heavy (non-hydrogen) atoms. The second-order valence-electron chi connectivity index (χ2n) is 5.41. The van der Waals surface area contributed by atoms with Gasteiger partial charge in [0.1, 0.15) is 12.0 Å². The van der Waals surface area contributed by atoms with Gasteiger partial charge < -0.3 is 5.73 Å². The average Bonchev–Trinajstić information content (AvgIpc) is 3.16. The molecule has 2 N–H and O–H groups in total. The fourth-order valence-electron chi connectivity index (χ4n) is 2.38. The number of pyridine rings is 2. The third-order valence-electron chi connectivity index (χ3n) is 3.65. The van der Waals surface area contributed by atoms with Crippen LogP contribution in [0.25, 0.3) is 16.5 Å². The topological polar surface area (TPSA) is 120 Å². The summed E-state index contributed by atoms with van der Waals surface area (Å²) in [6.45, 7) is 2.01. The molecule has 0 aliphatic rings. The number of benzene rings is 1. The van der Waals surface area contributed by atoms with Gasteiger partial charge in [0.2, 0.25) is 0 Å². The Bertz CT molecular complexity index is 1050. The molecule has 0 atom stereocenters. The summed E-state index contributed by atoms with van der Waals surface area (Å²) in [5.41, 5.74) is 8.35. The van der Waals surface area contributed by atoms with Gasteiger partial charge in [-0.2, -0.15) is 4.68 Å². The molecule has 1 aromatic carbocycles. The van der Waals surface area contributed by atoms with E-state index >= 15 is 0 Å². The van der Waals surface area contributed by atoms with E-state index in [2.05, 4.69) is 35.7 Å². The third-order valence-corrected chi connectivity index (χ3v) is 3.65. The van der Waals surface area contributed by atoms with Gasteiger partial charge in [0.15, 0.2) is 11.6 Å². The molecule has 3 aromatic heterocycles. The summed E-state index contributed by atoms with van der Waals surface area (Å²) < 4.78 is 1.50. The number of tetrazole rings is 1. The fraction of sp³-hybridized carbons (Fsp3) is 0.0625. The van der Waals surface area contributed by atoms with Gasteiger partial charge >= 0.3 is 0 Å². The van der Waals surface area contributed by atoms with Gasteiger partial charge in [-0.25, -0.2) is 9.97 Å². The minimum Gasteiger partial charge on any atom is -0.382 e. The molecule has 3 heterocycles. The zero-order valence-electron chi connectivity index (χ0n) is 13.3. The van der Waals surface area contributed by atoms with E-state index in [1.54, 1.807) is 24.5 Å². The molecule has 0 unspecified atom stereocenters. The second kappa shape index (κ2) is 6.04. The van der Waals surface area contributed by atoms with Crippen LogP contribution in [0.4, 0.5) is 17.3 Å². The largest absolute Gasteiger partial charge is 0.382 e. The Hall–Kier alpha value is -3.75. The van der Waals surface area contributed by atoms with Crippen molar-refractivity contribution in [1.29, 1.82) is 0 Å². The second-order valence-corrected chi connectivity index (χ2v) is 5.41. The molecule has 122 valence electrons. The van der Waals surface area contributed by atoms with Crippen LogP contribution in [0.5, 0.6) is 0 Å². The molecule has 0 radical (unpaired) electrons. The van der Waals surface area contributed by atoms with Crippen LogP contribution in [-0.4, -0.2) is 30.2 Å². The quantitative estimate of drug-likeness (QED) is 0.576. The molecule has 0 saturated carbocycles. The zero-order valence-corrected chi connectivity index (χ0v) is 13.3. The van der Waals surface area contributed by atoms with Crippen LogP contribution in [-0.2, 0) is 0 Å². The summed E-state index contributed by atoms with van der Waals surface area (Å²) in [7, 11) is 0. The Morgan fingerprint density at radius 1 is 1.04 bits per heavy atom. The predicted octanol–water partition coefficient (Wildman–Crippen LogP) is 2.91. The van der Waals surface area contributed by atoms with Crippen molar-refractivity contribution in [2.24, 2.45) is 10.2 Å². The maximum absolute atomic E-state index is 5.98. The minimum atomic E-state index is 0.326. The molecule has 0 spiro atoms. The summed E-state index contributed by atoms with van der Waals surface area (Å²) in [4.78, 5) is 8.41. The number of nitrogen functional groups attached to an aromatic ring is 1. The lowest BCUT2D eigenvalue weighted by Gasteiger charge is -2.05. The first kappa shape index (κ1) is 14.8. The number of rotatable bonds is 3. The van der Waals surface area contributed by atoms with Crippen LogP contribution in [0.1, 0.15) is 5.56 Å². The summed E-state index contributed by atoms with van der Waals surface area (Å²) in [5, 5.41) is 21.3. The van der Waals surface area contributed by atoms with Crippen LogP contribution in [0.2, 0.25) is 0 Å². The van der Waals surface area contributed by atoms with Gasteiger partial charge in [-0.15, -0.1) is 15.3 Å². The van der Waals surface area contributed by atoms with E-state index in [-0.39, 0.29) is 0 Å². The van der Waals surface area contributed by atoms with Crippen molar-refractivity contribution in [1.82, 2.24) is 30.2 Å². The first-order valence-electron chi connectivity index (χ1n) is 7.47. The zero-order chi connectivity index (χ0) is 17.2. The summed E-state index contributed by atoms with van der Waals surface area (Å²) in [6, 6.07) is 9.53. The minimum absolute atomic E-state index is 0.326. The Morgan fingerprint density at radius 2 is 1.96 bits per heavy atom. The van der Waals surface area contributed by atoms with Crippen molar-refractivity contribution in [2.75, 3.05) is 5.73 Å². The summed E-state index contributed by atoms with van der Waals surface area (Å²) in [5.74, 6) is 0.771. The van der Waals surface area contributed by atoms with Crippen molar-refractivity contribution in [2.45, 2.75) is 6.92 Å². The van der Waals surface area contributed by atoms with E-state index in [0.29, 0.717) is 17.3 Å². The van der Waals surface area contributed by atoms with Crippen LogP contribution in [0.3, 0.4) is 0 Å².